The fraction of sp³-hybridized carbons (Fsp3) is 0.500. The molecule has 2 unspecified atom stereocenters. The molecule has 0 aliphatic heterocycles. The maximum absolute atomic E-state index is 10.9. The number of non-ortho nitro benzene ring substituents is 1. The molecular weight excluding hydrogens is 264 g/mol. The third-order valence-electron chi connectivity index (χ3n) is 3.69. The molecule has 0 saturated heterocycles. The van der Waals surface area contributed by atoms with E-state index in [0.29, 0.717) is 23.7 Å². The number of anilines is 1. The van der Waals surface area contributed by atoms with Gasteiger partial charge in [-0.1, -0.05) is 0 Å². The first kappa shape index (κ1) is 12.8. The van der Waals surface area contributed by atoms with Gasteiger partial charge in [-0.15, -0.1) is 0 Å². The van der Waals surface area contributed by atoms with Crippen LogP contribution < -0.4 is 5.32 Å². The van der Waals surface area contributed by atoms with Crippen molar-refractivity contribution >= 4 is 22.4 Å². The molecule has 3 rings (SSSR count). The predicted molar refractivity (Wildman–Crippen MR) is 70.3 cm³/mol. The van der Waals surface area contributed by atoms with E-state index in [-0.39, 0.29) is 17.3 Å². The quantitative estimate of drug-likeness (QED) is 0.646. The fourth-order valence-corrected chi connectivity index (χ4v) is 2.63. The van der Waals surface area contributed by atoms with E-state index in [9.17, 15) is 15.2 Å². The Kier molecular flexibility index (Phi) is 3.23. The first-order valence-electron chi connectivity index (χ1n) is 6.46. The Morgan fingerprint density at radius 1 is 1.40 bits per heavy atom. The Hall–Kier alpha value is -2.22. The number of fused-ring (bicyclic) bond motifs is 1. The molecule has 1 fully saturated rings. The van der Waals surface area contributed by atoms with E-state index in [4.69, 9.17) is 0 Å². The van der Waals surface area contributed by atoms with Crippen LogP contribution in [0.15, 0.2) is 16.8 Å². The van der Waals surface area contributed by atoms with E-state index < -0.39 is 4.92 Å². The lowest BCUT2D eigenvalue weighted by atomic mass is 10.1. The molecule has 0 bridgehead atoms. The summed E-state index contributed by atoms with van der Waals surface area (Å²) in [4.78, 5) is 10.4. The van der Waals surface area contributed by atoms with Crippen LogP contribution in [0, 0.1) is 16.0 Å². The van der Waals surface area contributed by atoms with Crippen molar-refractivity contribution in [2.75, 3.05) is 11.9 Å². The van der Waals surface area contributed by atoms with E-state index in [1.165, 1.54) is 6.07 Å². The van der Waals surface area contributed by atoms with Gasteiger partial charge >= 0.3 is 5.69 Å². The Morgan fingerprint density at radius 2 is 2.20 bits per heavy atom. The molecule has 1 aromatic heterocycles. The SMILES string of the molecule is O=[N+]([O-])c1ccc(NCC2CCC(O)C2)c2nonc12. The summed E-state index contributed by atoms with van der Waals surface area (Å²) < 4.78 is 4.60. The second-order valence-electron chi connectivity index (χ2n) is 5.06. The predicted octanol–water partition coefficient (Wildman–Crippen LogP) is 1.70. The normalized spacial score (nSPS) is 22.2. The van der Waals surface area contributed by atoms with Crippen LogP contribution in [0.2, 0.25) is 0 Å². The summed E-state index contributed by atoms with van der Waals surface area (Å²) in [6.07, 6.45) is 2.36. The van der Waals surface area contributed by atoms with Crippen molar-refractivity contribution in [3.05, 3.63) is 22.2 Å². The molecule has 0 amide bonds. The van der Waals surface area contributed by atoms with Crippen molar-refractivity contribution in [1.82, 2.24) is 10.3 Å². The van der Waals surface area contributed by atoms with Crippen molar-refractivity contribution in [3.63, 3.8) is 0 Å². The Labute approximate surface area is 113 Å². The largest absolute Gasteiger partial charge is 0.393 e. The summed E-state index contributed by atoms with van der Waals surface area (Å²) in [5, 5.41) is 30.9. The number of nitro benzene ring substituents is 1. The van der Waals surface area contributed by atoms with Crippen molar-refractivity contribution in [1.29, 1.82) is 0 Å². The maximum Gasteiger partial charge on any atom is 0.300 e. The molecule has 1 saturated carbocycles. The van der Waals surface area contributed by atoms with Crippen LogP contribution in [0.3, 0.4) is 0 Å². The molecule has 2 N–H and O–H groups in total. The number of aliphatic hydroxyl groups is 1. The molecule has 0 radical (unpaired) electrons. The van der Waals surface area contributed by atoms with Crippen molar-refractivity contribution < 1.29 is 14.7 Å². The van der Waals surface area contributed by atoms with E-state index in [1.807, 2.05) is 0 Å². The van der Waals surface area contributed by atoms with Gasteiger partial charge in [-0.25, -0.2) is 4.63 Å². The zero-order valence-electron chi connectivity index (χ0n) is 10.7. The van der Waals surface area contributed by atoms with Crippen LogP contribution in [-0.2, 0) is 0 Å². The minimum atomic E-state index is -0.510. The van der Waals surface area contributed by atoms with Gasteiger partial charge in [0.1, 0.15) is 0 Å². The molecule has 1 aliphatic carbocycles. The van der Waals surface area contributed by atoms with Gasteiger partial charge in [-0.05, 0) is 41.6 Å². The van der Waals surface area contributed by atoms with Gasteiger partial charge in [0.15, 0.2) is 5.52 Å². The summed E-state index contributed by atoms with van der Waals surface area (Å²) in [6.45, 7) is 0.691. The molecular formula is C12H14N4O4. The molecule has 20 heavy (non-hydrogen) atoms. The molecule has 0 spiro atoms. The Balaban J connectivity index is 1.80. The highest BCUT2D eigenvalue weighted by molar-refractivity contribution is 5.93. The molecule has 8 nitrogen and oxygen atoms in total. The number of nitrogens with one attached hydrogen (secondary N) is 1. The van der Waals surface area contributed by atoms with Gasteiger partial charge in [0.05, 0.1) is 16.7 Å². The van der Waals surface area contributed by atoms with Gasteiger partial charge in [0, 0.05) is 12.6 Å². The second-order valence-corrected chi connectivity index (χ2v) is 5.06. The third-order valence-corrected chi connectivity index (χ3v) is 3.69. The summed E-state index contributed by atoms with van der Waals surface area (Å²) in [6, 6.07) is 2.99. The Morgan fingerprint density at radius 3 is 2.90 bits per heavy atom. The number of hydrogen-bond acceptors (Lipinski definition) is 7. The summed E-state index contributed by atoms with van der Waals surface area (Å²) in [7, 11) is 0. The van der Waals surface area contributed by atoms with Crippen LogP contribution in [0.25, 0.3) is 11.0 Å². The summed E-state index contributed by atoms with van der Waals surface area (Å²) in [5.74, 6) is 0.398. The lowest BCUT2D eigenvalue weighted by molar-refractivity contribution is -0.383. The molecule has 1 aromatic carbocycles. The zero-order valence-corrected chi connectivity index (χ0v) is 10.7. The highest BCUT2D eigenvalue weighted by Crippen LogP contribution is 2.30. The maximum atomic E-state index is 10.9. The number of aromatic nitrogens is 2. The van der Waals surface area contributed by atoms with Crippen molar-refractivity contribution in [2.45, 2.75) is 25.4 Å². The minimum absolute atomic E-state index is 0.122. The lowest BCUT2D eigenvalue weighted by Gasteiger charge is -2.11. The molecule has 2 aromatic rings. The monoisotopic (exact) mass is 278 g/mol. The molecule has 8 heteroatoms. The number of rotatable bonds is 4. The van der Waals surface area contributed by atoms with Gasteiger partial charge < -0.3 is 10.4 Å². The van der Waals surface area contributed by atoms with Crippen LogP contribution >= 0.6 is 0 Å². The van der Waals surface area contributed by atoms with Crippen molar-refractivity contribution in [3.8, 4) is 0 Å². The van der Waals surface area contributed by atoms with Crippen LogP contribution in [-0.4, -0.2) is 33.0 Å². The van der Waals surface area contributed by atoms with E-state index in [1.54, 1.807) is 6.07 Å². The van der Waals surface area contributed by atoms with E-state index in [0.717, 1.165) is 19.3 Å². The Bertz CT molecular complexity index is 641. The van der Waals surface area contributed by atoms with Gasteiger partial charge in [0.25, 0.3) is 0 Å². The summed E-state index contributed by atoms with van der Waals surface area (Å²) in [5.41, 5.74) is 1.04. The number of nitrogens with zero attached hydrogens (tertiary/aromatic N) is 3. The molecule has 1 aliphatic rings. The highest BCUT2D eigenvalue weighted by Gasteiger charge is 2.24. The molecule has 2 atom stereocenters. The first-order valence-corrected chi connectivity index (χ1v) is 6.46. The zero-order chi connectivity index (χ0) is 14.1. The topological polar surface area (TPSA) is 114 Å². The van der Waals surface area contributed by atoms with Gasteiger partial charge in [0.2, 0.25) is 5.52 Å². The van der Waals surface area contributed by atoms with E-state index >= 15 is 0 Å². The van der Waals surface area contributed by atoms with Crippen LogP contribution in [0.1, 0.15) is 19.3 Å². The fourth-order valence-electron chi connectivity index (χ4n) is 2.63. The summed E-state index contributed by atoms with van der Waals surface area (Å²) >= 11 is 0. The number of hydrogen-bond donors (Lipinski definition) is 2. The first-order chi connectivity index (χ1) is 9.65. The van der Waals surface area contributed by atoms with Gasteiger partial charge in [-0.2, -0.15) is 0 Å². The molecule has 1 heterocycles. The lowest BCUT2D eigenvalue weighted by Crippen LogP contribution is -2.12. The van der Waals surface area contributed by atoms with Crippen molar-refractivity contribution in [2.24, 2.45) is 5.92 Å². The number of aliphatic hydroxyl groups excluding tert-OH is 1. The molecule has 106 valence electrons. The highest BCUT2D eigenvalue weighted by atomic mass is 16.6. The minimum Gasteiger partial charge on any atom is -0.393 e. The second kappa shape index (κ2) is 5.04. The van der Waals surface area contributed by atoms with Crippen LogP contribution in [0.4, 0.5) is 11.4 Å². The average molecular weight is 278 g/mol. The number of nitro groups is 1. The van der Waals surface area contributed by atoms with Crippen LogP contribution in [0.5, 0.6) is 0 Å². The average Bonchev–Trinajstić information content (AvgIpc) is 3.04. The smallest absolute Gasteiger partial charge is 0.300 e. The third kappa shape index (κ3) is 2.29. The standard InChI is InChI=1S/C12H14N4O4/c17-8-2-1-7(5-8)6-13-9-3-4-10(16(18)19)12-11(9)14-20-15-12/h3-4,7-8,13,17H,1-2,5-6H2. The van der Waals surface area contributed by atoms with E-state index in [2.05, 4.69) is 20.3 Å². The van der Waals surface area contributed by atoms with Gasteiger partial charge in [-0.3, -0.25) is 10.1 Å². The number of benzene rings is 1.